The van der Waals surface area contributed by atoms with E-state index < -0.39 is 0 Å². The average molecular weight is 124 g/mol. The van der Waals surface area contributed by atoms with Crippen LogP contribution >= 0.6 is 0 Å². The van der Waals surface area contributed by atoms with E-state index in [1.54, 1.807) is 0 Å². The molecule has 0 radical (unpaired) electrons. The molecule has 0 spiro atoms. The first kappa shape index (κ1) is 7.66. The Kier molecular flexibility index (Phi) is 2.80. The minimum atomic E-state index is 1.31. The zero-order valence-corrected chi connectivity index (χ0v) is 6.46. The molecular formula is C9H9Li. The number of benzene rings is 1. The quantitative estimate of drug-likeness (QED) is 0.503. The first-order valence-corrected chi connectivity index (χ1v) is 3.53. The van der Waals surface area contributed by atoms with E-state index in [0.29, 0.717) is 0 Å². The van der Waals surface area contributed by atoms with Crippen LogP contribution in [0.5, 0.6) is 0 Å². The van der Waals surface area contributed by atoms with Gasteiger partial charge in [-0.25, -0.2) is 0 Å². The Morgan fingerprint density at radius 3 is 2.40 bits per heavy atom. The molecule has 1 rings (SSSR count). The van der Waals surface area contributed by atoms with Crippen LogP contribution in [0.3, 0.4) is 0 Å². The molecule has 10 heavy (non-hydrogen) atoms. The Bertz CT molecular complexity index is 224. The van der Waals surface area contributed by atoms with Gasteiger partial charge >= 0.3 is 70.9 Å². The molecule has 0 aliphatic carbocycles. The Balaban J connectivity index is 2.96. The first-order valence-electron chi connectivity index (χ1n) is 3.53. The molecule has 0 N–H and O–H groups in total. The number of rotatable bonds is 1. The van der Waals surface area contributed by atoms with Gasteiger partial charge in [-0.1, -0.05) is 0 Å². The second kappa shape index (κ2) is 3.66. The van der Waals surface area contributed by atoms with Gasteiger partial charge in [0.2, 0.25) is 0 Å². The van der Waals surface area contributed by atoms with Crippen LogP contribution in [0.1, 0.15) is 12.5 Å². The maximum absolute atomic E-state index is 2.12. The third-order valence-electron chi connectivity index (χ3n) is 1.66. The molecular weight excluding hydrogens is 115 g/mol. The fraction of sp³-hybridized carbons (Fsp3) is 0.111. The zero-order chi connectivity index (χ0) is 7.40. The second-order valence-corrected chi connectivity index (χ2v) is 2.34. The van der Waals surface area contributed by atoms with E-state index in [1.165, 1.54) is 9.81 Å². The van der Waals surface area contributed by atoms with E-state index in [2.05, 4.69) is 55.0 Å². The first-order chi connectivity index (χ1) is 4.84. The molecule has 0 aromatic heterocycles. The standard InChI is InChI=1S/C9H9.Li/c1-2-6-9-7-4-3-5-8-9;/h2-5,7-8H,1H3;. The van der Waals surface area contributed by atoms with Crippen molar-refractivity contribution in [1.29, 1.82) is 0 Å². The summed E-state index contributed by atoms with van der Waals surface area (Å²) in [6, 6.07) is 10.4. The topological polar surface area (TPSA) is 0 Å². The summed E-state index contributed by atoms with van der Waals surface area (Å²) in [7, 11) is 0. The van der Waals surface area contributed by atoms with Gasteiger partial charge in [-0.05, 0) is 0 Å². The Morgan fingerprint density at radius 2 is 1.90 bits per heavy atom. The fourth-order valence-electron chi connectivity index (χ4n) is 0.868. The van der Waals surface area contributed by atoms with Gasteiger partial charge in [-0.2, -0.15) is 0 Å². The van der Waals surface area contributed by atoms with E-state index in [9.17, 15) is 0 Å². The summed E-state index contributed by atoms with van der Waals surface area (Å²) < 4.78 is 1.33. The summed E-state index contributed by atoms with van der Waals surface area (Å²) in [4.78, 5) is 0. The summed E-state index contributed by atoms with van der Waals surface area (Å²) in [6.45, 7) is 2.06. The summed E-state index contributed by atoms with van der Waals surface area (Å²) >= 11 is 2.12. The van der Waals surface area contributed by atoms with E-state index in [1.807, 2.05) is 6.07 Å². The molecule has 0 atom stereocenters. The van der Waals surface area contributed by atoms with Crippen molar-refractivity contribution in [3.05, 3.63) is 42.0 Å². The Hall–Kier alpha value is -0.443. The molecule has 0 heterocycles. The molecule has 0 amide bonds. The Morgan fingerprint density at radius 1 is 1.30 bits per heavy atom. The zero-order valence-electron chi connectivity index (χ0n) is 6.46. The third kappa shape index (κ3) is 1.77. The van der Waals surface area contributed by atoms with Crippen molar-refractivity contribution in [2.24, 2.45) is 0 Å². The van der Waals surface area contributed by atoms with Crippen LogP contribution in [-0.4, -0.2) is 17.7 Å². The van der Waals surface area contributed by atoms with Crippen LogP contribution in [0.2, 0.25) is 0 Å². The molecule has 1 aromatic carbocycles. The maximum atomic E-state index is 2.12. The predicted molar refractivity (Wildman–Crippen MR) is 45.8 cm³/mol. The van der Waals surface area contributed by atoms with Crippen LogP contribution in [0.15, 0.2) is 36.4 Å². The van der Waals surface area contributed by atoms with Crippen LogP contribution in [-0.2, 0) is 0 Å². The SMILES string of the molecule is [Li][C](=CC)c1ccccc1. The summed E-state index contributed by atoms with van der Waals surface area (Å²) in [5.41, 5.74) is 1.31. The Labute approximate surface area is 71.2 Å². The van der Waals surface area contributed by atoms with E-state index >= 15 is 0 Å². The molecule has 0 saturated heterocycles. The molecule has 0 fully saturated rings. The molecule has 0 aliphatic rings. The van der Waals surface area contributed by atoms with Crippen molar-refractivity contribution < 1.29 is 0 Å². The van der Waals surface area contributed by atoms with Gasteiger partial charge in [0, 0.05) is 0 Å². The van der Waals surface area contributed by atoms with Crippen LogP contribution < -0.4 is 0 Å². The summed E-state index contributed by atoms with van der Waals surface area (Å²) in [5, 5.41) is 0. The molecule has 0 nitrogen and oxygen atoms in total. The van der Waals surface area contributed by atoms with Gasteiger partial charge in [0.1, 0.15) is 0 Å². The van der Waals surface area contributed by atoms with E-state index in [4.69, 9.17) is 0 Å². The van der Waals surface area contributed by atoms with Gasteiger partial charge in [0.25, 0.3) is 0 Å². The van der Waals surface area contributed by atoms with Gasteiger partial charge in [0.15, 0.2) is 0 Å². The molecule has 1 heteroatoms. The van der Waals surface area contributed by atoms with Crippen LogP contribution in [0, 0.1) is 0 Å². The summed E-state index contributed by atoms with van der Waals surface area (Å²) in [5.74, 6) is 0. The summed E-state index contributed by atoms with van der Waals surface area (Å²) in [6.07, 6.45) is 2.12. The molecule has 1 aromatic rings. The molecule has 0 unspecified atom stereocenters. The number of hydrogen-bond acceptors (Lipinski definition) is 0. The van der Waals surface area contributed by atoms with Crippen molar-refractivity contribution in [2.75, 3.05) is 0 Å². The molecule has 0 saturated carbocycles. The van der Waals surface area contributed by atoms with Crippen LogP contribution in [0.25, 0.3) is 4.25 Å². The molecule has 46 valence electrons. The monoisotopic (exact) mass is 124 g/mol. The third-order valence-corrected chi connectivity index (χ3v) is 1.66. The van der Waals surface area contributed by atoms with Crippen molar-refractivity contribution in [1.82, 2.24) is 0 Å². The van der Waals surface area contributed by atoms with Crippen molar-refractivity contribution in [2.45, 2.75) is 6.92 Å². The fourth-order valence-corrected chi connectivity index (χ4v) is 0.868. The second-order valence-electron chi connectivity index (χ2n) is 2.34. The molecule has 0 bridgehead atoms. The average Bonchev–Trinajstić information content (AvgIpc) is 2.05. The number of allylic oxidation sites excluding steroid dienone is 1. The van der Waals surface area contributed by atoms with E-state index in [0.717, 1.165) is 0 Å². The van der Waals surface area contributed by atoms with Crippen molar-refractivity contribution in [3.63, 3.8) is 0 Å². The predicted octanol–water partition coefficient (Wildman–Crippen LogP) is 2.22. The number of hydrogen-bond donors (Lipinski definition) is 0. The van der Waals surface area contributed by atoms with E-state index in [-0.39, 0.29) is 0 Å². The van der Waals surface area contributed by atoms with Gasteiger partial charge in [-0.3, -0.25) is 0 Å². The van der Waals surface area contributed by atoms with Crippen molar-refractivity contribution in [3.8, 4) is 0 Å². The minimum absolute atomic E-state index is 1.31. The van der Waals surface area contributed by atoms with Gasteiger partial charge in [0.05, 0.1) is 0 Å². The normalized spacial score (nSPS) is 11.7. The molecule has 0 aliphatic heterocycles. The van der Waals surface area contributed by atoms with Crippen molar-refractivity contribution >= 4 is 22.0 Å². The van der Waals surface area contributed by atoms with Gasteiger partial charge in [-0.15, -0.1) is 0 Å². The van der Waals surface area contributed by atoms with Gasteiger partial charge < -0.3 is 0 Å². The van der Waals surface area contributed by atoms with Crippen LogP contribution in [0.4, 0.5) is 0 Å².